The topological polar surface area (TPSA) is 61.5 Å². The number of ether oxygens (including phenoxy) is 2. The van der Waals surface area contributed by atoms with Crippen LogP contribution in [0.5, 0.6) is 0 Å². The molecule has 0 aromatic heterocycles. The average molecular weight is 302 g/mol. The van der Waals surface area contributed by atoms with Crippen LogP contribution in [-0.2, 0) is 9.47 Å². The summed E-state index contributed by atoms with van der Waals surface area (Å²) in [7, 11) is 0. The highest BCUT2D eigenvalue weighted by molar-refractivity contribution is 9.10. The molecule has 0 spiro atoms. The van der Waals surface area contributed by atoms with Crippen molar-refractivity contribution in [1.82, 2.24) is 0 Å². The van der Waals surface area contributed by atoms with E-state index in [1.165, 1.54) is 0 Å². The number of benzene rings is 1. The standard InChI is InChI=1S/C12H16BrNO3/c1-2-5-16-6-7-17-12(15)10-8-9(13)3-4-11(10)14/h3-4,8H,2,5-7,14H2,1H3. The Morgan fingerprint density at radius 1 is 1.35 bits per heavy atom. The smallest absolute Gasteiger partial charge is 0.340 e. The maximum Gasteiger partial charge on any atom is 0.340 e. The van der Waals surface area contributed by atoms with Gasteiger partial charge in [-0.2, -0.15) is 0 Å². The maximum absolute atomic E-state index is 11.7. The monoisotopic (exact) mass is 301 g/mol. The normalized spacial score (nSPS) is 10.2. The third-order valence-corrected chi connectivity index (χ3v) is 2.54. The van der Waals surface area contributed by atoms with Gasteiger partial charge in [0.25, 0.3) is 0 Å². The first kappa shape index (κ1) is 14.0. The summed E-state index contributed by atoms with van der Waals surface area (Å²) in [5, 5.41) is 0. The molecular weight excluding hydrogens is 286 g/mol. The highest BCUT2D eigenvalue weighted by atomic mass is 79.9. The van der Waals surface area contributed by atoms with E-state index in [0.717, 1.165) is 10.9 Å². The second-order valence-corrected chi connectivity index (χ2v) is 4.40. The zero-order valence-corrected chi connectivity index (χ0v) is 11.3. The lowest BCUT2D eigenvalue weighted by Gasteiger charge is -2.07. The molecule has 1 aromatic rings. The molecule has 0 unspecified atom stereocenters. The van der Waals surface area contributed by atoms with Gasteiger partial charge >= 0.3 is 5.97 Å². The molecule has 17 heavy (non-hydrogen) atoms. The molecule has 0 heterocycles. The number of anilines is 1. The fourth-order valence-electron chi connectivity index (χ4n) is 1.22. The number of nitrogens with two attached hydrogens (primary N) is 1. The van der Waals surface area contributed by atoms with E-state index in [9.17, 15) is 4.79 Å². The Kier molecular flexibility index (Phi) is 6.00. The van der Waals surface area contributed by atoms with Crippen LogP contribution in [-0.4, -0.2) is 25.8 Å². The summed E-state index contributed by atoms with van der Waals surface area (Å²) < 4.78 is 11.0. The van der Waals surface area contributed by atoms with Gasteiger partial charge in [-0.05, 0) is 24.6 Å². The van der Waals surface area contributed by atoms with Crippen molar-refractivity contribution >= 4 is 27.6 Å². The van der Waals surface area contributed by atoms with Gasteiger partial charge in [0.05, 0.1) is 12.2 Å². The number of rotatable bonds is 6. The Morgan fingerprint density at radius 2 is 2.12 bits per heavy atom. The van der Waals surface area contributed by atoms with Crippen LogP contribution in [0.1, 0.15) is 23.7 Å². The minimum Gasteiger partial charge on any atom is -0.460 e. The number of hydrogen-bond donors (Lipinski definition) is 1. The highest BCUT2D eigenvalue weighted by Crippen LogP contribution is 2.19. The molecule has 4 nitrogen and oxygen atoms in total. The van der Waals surface area contributed by atoms with E-state index in [2.05, 4.69) is 15.9 Å². The lowest BCUT2D eigenvalue weighted by molar-refractivity contribution is 0.0319. The largest absolute Gasteiger partial charge is 0.460 e. The second-order valence-electron chi connectivity index (χ2n) is 3.48. The molecule has 0 fully saturated rings. The number of halogens is 1. The van der Waals surface area contributed by atoms with Crippen molar-refractivity contribution in [1.29, 1.82) is 0 Å². The summed E-state index contributed by atoms with van der Waals surface area (Å²) in [4.78, 5) is 11.7. The molecule has 1 aromatic carbocycles. The molecule has 0 aliphatic heterocycles. The van der Waals surface area contributed by atoms with Crippen molar-refractivity contribution in [2.24, 2.45) is 0 Å². The lowest BCUT2D eigenvalue weighted by Crippen LogP contribution is -2.12. The van der Waals surface area contributed by atoms with Crippen molar-refractivity contribution in [3.63, 3.8) is 0 Å². The summed E-state index contributed by atoms with van der Waals surface area (Å²) in [6.45, 7) is 3.35. The molecule has 1 rings (SSSR count). The van der Waals surface area contributed by atoms with Crippen molar-refractivity contribution in [3.8, 4) is 0 Å². The minimum absolute atomic E-state index is 0.241. The zero-order valence-electron chi connectivity index (χ0n) is 9.74. The number of esters is 1. The van der Waals surface area contributed by atoms with Gasteiger partial charge in [-0.15, -0.1) is 0 Å². The van der Waals surface area contributed by atoms with Gasteiger partial charge in [-0.25, -0.2) is 4.79 Å². The summed E-state index contributed by atoms with van der Waals surface area (Å²) in [5.74, 6) is -0.427. The Balaban J connectivity index is 2.44. The number of carbonyl (C=O) groups is 1. The summed E-state index contributed by atoms with van der Waals surface area (Å²) in [6, 6.07) is 5.08. The van der Waals surface area contributed by atoms with Crippen LogP contribution in [0.25, 0.3) is 0 Å². The van der Waals surface area contributed by atoms with Gasteiger partial charge in [0.15, 0.2) is 0 Å². The predicted octanol–water partition coefficient (Wildman–Crippen LogP) is 2.61. The van der Waals surface area contributed by atoms with Crippen LogP contribution in [0.15, 0.2) is 22.7 Å². The van der Waals surface area contributed by atoms with E-state index in [4.69, 9.17) is 15.2 Å². The fraction of sp³-hybridized carbons (Fsp3) is 0.417. The van der Waals surface area contributed by atoms with E-state index in [1.807, 2.05) is 6.92 Å². The fourth-order valence-corrected chi connectivity index (χ4v) is 1.58. The third kappa shape index (κ3) is 4.75. The Hall–Kier alpha value is -1.07. The number of hydrogen-bond acceptors (Lipinski definition) is 4. The van der Waals surface area contributed by atoms with Crippen LogP contribution in [0, 0.1) is 0 Å². The van der Waals surface area contributed by atoms with Gasteiger partial charge in [0.1, 0.15) is 6.61 Å². The Bertz CT molecular complexity index is 382. The molecule has 0 radical (unpaired) electrons. The lowest BCUT2D eigenvalue weighted by atomic mass is 10.2. The first-order chi connectivity index (χ1) is 8.15. The van der Waals surface area contributed by atoms with Crippen molar-refractivity contribution in [3.05, 3.63) is 28.2 Å². The number of carbonyl (C=O) groups excluding carboxylic acids is 1. The van der Waals surface area contributed by atoms with Crippen LogP contribution in [0.4, 0.5) is 5.69 Å². The molecule has 94 valence electrons. The minimum atomic E-state index is -0.427. The van der Waals surface area contributed by atoms with Crippen LogP contribution in [0.2, 0.25) is 0 Å². The van der Waals surface area contributed by atoms with Gasteiger partial charge in [0, 0.05) is 16.8 Å². The molecule has 0 atom stereocenters. The van der Waals surface area contributed by atoms with Gasteiger partial charge in [-0.1, -0.05) is 22.9 Å². The Labute approximate surface area is 109 Å². The number of nitrogen functional groups attached to an aromatic ring is 1. The maximum atomic E-state index is 11.7. The SMILES string of the molecule is CCCOCCOC(=O)c1cc(Br)ccc1N. The van der Waals surface area contributed by atoms with Crippen LogP contribution < -0.4 is 5.73 Å². The summed E-state index contributed by atoms with van der Waals surface area (Å²) in [6.07, 6.45) is 0.951. The molecule has 0 saturated heterocycles. The highest BCUT2D eigenvalue weighted by Gasteiger charge is 2.11. The van der Waals surface area contributed by atoms with E-state index >= 15 is 0 Å². The van der Waals surface area contributed by atoms with Crippen LogP contribution >= 0.6 is 15.9 Å². The zero-order chi connectivity index (χ0) is 12.7. The first-order valence-corrected chi connectivity index (χ1v) is 6.24. The molecule has 0 bridgehead atoms. The molecule has 0 saturated carbocycles. The third-order valence-electron chi connectivity index (χ3n) is 2.04. The molecule has 0 aliphatic rings. The van der Waals surface area contributed by atoms with E-state index in [-0.39, 0.29) is 6.61 Å². The van der Waals surface area contributed by atoms with Gasteiger partial charge in [-0.3, -0.25) is 0 Å². The first-order valence-electron chi connectivity index (χ1n) is 5.45. The predicted molar refractivity (Wildman–Crippen MR) is 69.9 cm³/mol. The second kappa shape index (κ2) is 7.29. The van der Waals surface area contributed by atoms with Crippen molar-refractivity contribution < 1.29 is 14.3 Å². The average Bonchev–Trinajstić information content (AvgIpc) is 2.32. The van der Waals surface area contributed by atoms with Crippen molar-refractivity contribution in [2.75, 3.05) is 25.6 Å². The van der Waals surface area contributed by atoms with Gasteiger partial charge in [0.2, 0.25) is 0 Å². The molecular formula is C12H16BrNO3. The van der Waals surface area contributed by atoms with E-state index in [1.54, 1.807) is 18.2 Å². The molecule has 5 heteroatoms. The van der Waals surface area contributed by atoms with Gasteiger partial charge < -0.3 is 15.2 Å². The van der Waals surface area contributed by atoms with E-state index in [0.29, 0.717) is 24.5 Å². The van der Waals surface area contributed by atoms with E-state index < -0.39 is 5.97 Å². The quantitative estimate of drug-likeness (QED) is 0.498. The molecule has 2 N–H and O–H groups in total. The summed E-state index contributed by atoms with van der Waals surface area (Å²) >= 11 is 3.28. The molecule has 0 aliphatic carbocycles. The molecule has 0 amide bonds. The summed E-state index contributed by atoms with van der Waals surface area (Å²) in [5.41, 5.74) is 6.47. The Morgan fingerprint density at radius 3 is 2.82 bits per heavy atom. The van der Waals surface area contributed by atoms with Crippen molar-refractivity contribution in [2.45, 2.75) is 13.3 Å². The van der Waals surface area contributed by atoms with Crippen LogP contribution in [0.3, 0.4) is 0 Å².